The normalized spacial score (nSPS) is 11.9. The van der Waals surface area contributed by atoms with Gasteiger partial charge in [-0.25, -0.2) is 17.5 Å². The summed E-state index contributed by atoms with van der Waals surface area (Å²) < 4.78 is 30.7. The van der Waals surface area contributed by atoms with Crippen molar-refractivity contribution in [3.05, 3.63) is 29.8 Å². The summed E-state index contributed by atoms with van der Waals surface area (Å²) in [5.74, 6) is -0.503. The van der Waals surface area contributed by atoms with E-state index in [1.807, 2.05) is 13.8 Å². The lowest BCUT2D eigenvalue weighted by atomic mass is 9.94. The molecule has 2 N–H and O–H groups in total. The van der Waals surface area contributed by atoms with Gasteiger partial charge in [0.2, 0.25) is 10.0 Å². The quantitative estimate of drug-likeness (QED) is 0.785. The van der Waals surface area contributed by atoms with Gasteiger partial charge in [-0.1, -0.05) is 13.8 Å². The van der Waals surface area contributed by atoms with Gasteiger partial charge in [0.05, 0.1) is 17.6 Å². The Morgan fingerprint density at radius 2 is 1.77 bits per heavy atom. The summed E-state index contributed by atoms with van der Waals surface area (Å²) in [6.45, 7) is 4.50. The van der Waals surface area contributed by atoms with E-state index in [9.17, 15) is 13.2 Å². The fourth-order valence-corrected chi connectivity index (χ4v) is 3.17. The van der Waals surface area contributed by atoms with Gasteiger partial charge in [-0.15, -0.1) is 12.4 Å². The van der Waals surface area contributed by atoms with Gasteiger partial charge < -0.3 is 10.5 Å². The maximum Gasteiger partial charge on any atom is 0.337 e. The molecule has 0 atom stereocenters. The maximum atomic E-state index is 12.4. The van der Waals surface area contributed by atoms with E-state index in [1.54, 1.807) is 0 Å². The van der Waals surface area contributed by atoms with Crippen molar-refractivity contribution in [2.24, 2.45) is 11.1 Å². The van der Waals surface area contributed by atoms with Gasteiger partial charge in [-0.05, 0) is 36.2 Å². The molecule has 1 rings (SSSR count). The van der Waals surface area contributed by atoms with Gasteiger partial charge >= 0.3 is 5.97 Å². The number of benzene rings is 1. The van der Waals surface area contributed by atoms with Crippen LogP contribution in [0.15, 0.2) is 29.2 Å². The number of esters is 1. The molecule has 0 saturated carbocycles. The third-order valence-corrected chi connectivity index (χ3v) is 5.00. The molecule has 0 aromatic heterocycles. The number of methoxy groups -OCH3 is 1. The zero-order valence-corrected chi connectivity index (χ0v) is 14.8. The van der Waals surface area contributed by atoms with Crippen molar-refractivity contribution in [3.63, 3.8) is 0 Å². The molecule has 1 aromatic rings. The first-order valence-corrected chi connectivity index (χ1v) is 7.93. The minimum atomic E-state index is -3.61. The van der Waals surface area contributed by atoms with Crippen LogP contribution in [0.5, 0.6) is 0 Å². The molecule has 8 heteroatoms. The number of rotatable bonds is 6. The lowest BCUT2D eigenvalue weighted by Crippen LogP contribution is -2.39. The average Bonchev–Trinajstić information content (AvgIpc) is 2.46. The molecule has 0 aliphatic rings. The highest BCUT2D eigenvalue weighted by atomic mass is 35.5. The van der Waals surface area contributed by atoms with Gasteiger partial charge in [0.15, 0.2) is 0 Å². The fourth-order valence-electron chi connectivity index (χ4n) is 1.81. The molecular formula is C14H23ClN2O4S. The number of carbonyl (C=O) groups is 1. The Morgan fingerprint density at radius 1 is 1.27 bits per heavy atom. The molecule has 1 aromatic carbocycles. The zero-order valence-electron chi connectivity index (χ0n) is 13.2. The highest BCUT2D eigenvalue weighted by Crippen LogP contribution is 2.21. The van der Waals surface area contributed by atoms with E-state index >= 15 is 0 Å². The molecule has 0 radical (unpaired) electrons. The number of nitrogens with zero attached hydrogens (tertiary/aromatic N) is 1. The minimum Gasteiger partial charge on any atom is -0.465 e. The molecule has 0 amide bonds. The van der Waals surface area contributed by atoms with Crippen LogP contribution < -0.4 is 5.73 Å². The Labute approximate surface area is 138 Å². The molecule has 0 aliphatic heterocycles. The number of carbonyl (C=O) groups excluding carboxylic acids is 1. The van der Waals surface area contributed by atoms with Crippen LogP contribution in [0.4, 0.5) is 0 Å². The zero-order chi connectivity index (χ0) is 16.3. The van der Waals surface area contributed by atoms with Crippen molar-refractivity contribution in [1.29, 1.82) is 0 Å². The van der Waals surface area contributed by atoms with E-state index in [-0.39, 0.29) is 22.7 Å². The molecule has 22 heavy (non-hydrogen) atoms. The number of halogens is 1. The second-order valence-corrected chi connectivity index (χ2v) is 7.69. The van der Waals surface area contributed by atoms with E-state index in [2.05, 4.69) is 4.74 Å². The van der Waals surface area contributed by atoms with Crippen molar-refractivity contribution in [2.75, 3.05) is 27.2 Å². The summed E-state index contributed by atoms with van der Waals surface area (Å²) in [5, 5.41) is 0. The molecule has 0 aliphatic carbocycles. The first-order valence-electron chi connectivity index (χ1n) is 6.49. The average molecular weight is 351 g/mol. The molecule has 0 unspecified atom stereocenters. The first-order chi connectivity index (χ1) is 9.64. The topological polar surface area (TPSA) is 89.7 Å². The third-order valence-electron chi connectivity index (χ3n) is 3.19. The SMILES string of the molecule is COC(=O)c1ccc(S(=O)(=O)N(C)CC(C)(C)CN)cc1.Cl. The molecule has 6 nitrogen and oxygen atoms in total. The van der Waals surface area contributed by atoms with Crippen molar-refractivity contribution >= 4 is 28.4 Å². The van der Waals surface area contributed by atoms with Crippen LogP contribution in [0, 0.1) is 5.41 Å². The summed E-state index contributed by atoms with van der Waals surface area (Å²) in [5.41, 5.74) is 5.63. The number of hydrogen-bond donors (Lipinski definition) is 1. The molecular weight excluding hydrogens is 328 g/mol. The van der Waals surface area contributed by atoms with Crippen LogP contribution in [0.2, 0.25) is 0 Å². The van der Waals surface area contributed by atoms with E-state index < -0.39 is 16.0 Å². The number of sulfonamides is 1. The summed E-state index contributed by atoms with van der Waals surface area (Å²) in [4.78, 5) is 11.5. The smallest absolute Gasteiger partial charge is 0.337 e. The molecule has 0 saturated heterocycles. The second-order valence-electron chi connectivity index (χ2n) is 5.65. The summed E-state index contributed by atoms with van der Waals surface area (Å²) in [6.07, 6.45) is 0. The lowest BCUT2D eigenvalue weighted by molar-refractivity contribution is 0.0600. The van der Waals surface area contributed by atoms with Crippen molar-refractivity contribution in [2.45, 2.75) is 18.7 Å². The van der Waals surface area contributed by atoms with E-state index in [0.29, 0.717) is 18.7 Å². The van der Waals surface area contributed by atoms with Crippen LogP contribution in [0.3, 0.4) is 0 Å². The largest absolute Gasteiger partial charge is 0.465 e. The van der Waals surface area contributed by atoms with Gasteiger partial charge in [-0.2, -0.15) is 0 Å². The Hall–Kier alpha value is -1.15. The van der Waals surface area contributed by atoms with E-state index in [1.165, 1.54) is 42.7 Å². The summed E-state index contributed by atoms with van der Waals surface area (Å²) in [7, 11) is -0.817. The van der Waals surface area contributed by atoms with Crippen LogP contribution in [0.1, 0.15) is 24.2 Å². The molecule has 126 valence electrons. The molecule has 0 spiro atoms. The first kappa shape index (κ1) is 20.9. The van der Waals surface area contributed by atoms with E-state index in [0.717, 1.165) is 0 Å². The standard InChI is InChI=1S/C14H22N2O4S.ClH/c1-14(2,9-15)10-16(3)21(18,19)12-7-5-11(6-8-12)13(17)20-4;/h5-8H,9-10,15H2,1-4H3;1H. The van der Waals surface area contributed by atoms with Crippen LogP contribution in [-0.2, 0) is 14.8 Å². The highest BCUT2D eigenvalue weighted by Gasteiger charge is 2.27. The third kappa shape index (κ3) is 4.95. The molecule has 0 bridgehead atoms. The molecule has 0 heterocycles. The van der Waals surface area contributed by atoms with Gasteiger partial charge in [0.25, 0.3) is 0 Å². The summed E-state index contributed by atoms with van der Waals surface area (Å²) >= 11 is 0. The monoisotopic (exact) mass is 350 g/mol. The van der Waals surface area contributed by atoms with Crippen LogP contribution in [0.25, 0.3) is 0 Å². The fraction of sp³-hybridized carbons (Fsp3) is 0.500. The predicted octanol–water partition coefficient (Wildman–Crippen LogP) is 1.50. The number of nitrogens with two attached hydrogens (primary N) is 1. The van der Waals surface area contributed by atoms with Crippen molar-refractivity contribution in [1.82, 2.24) is 4.31 Å². The van der Waals surface area contributed by atoms with Crippen molar-refractivity contribution in [3.8, 4) is 0 Å². The van der Waals surface area contributed by atoms with E-state index in [4.69, 9.17) is 5.73 Å². The Bertz CT molecular complexity index is 600. The lowest BCUT2D eigenvalue weighted by Gasteiger charge is -2.28. The van der Waals surface area contributed by atoms with Crippen LogP contribution in [-0.4, -0.2) is 45.9 Å². The van der Waals surface area contributed by atoms with Crippen LogP contribution >= 0.6 is 12.4 Å². The molecule has 0 fully saturated rings. The Kier molecular flexibility index (Phi) is 7.50. The Balaban J connectivity index is 0.00000441. The minimum absolute atomic E-state index is 0. The Morgan fingerprint density at radius 3 is 2.18 bits per heavy atom. The van der Waals surface area contributed by atoms with Gasteiger partial charge in [0.1, 0.15) is 0 Å². The second kappa shape index (κ2) is 7.92. The number of hydrogen-bond acceptors (Lipinski definition) is 5. The predicted molar refractivity (Wildman–Crippen MR) is 87.7 cm³/mol. The highest BCUT2D eigenvalue weighted by molar-refractivity contribution is 7.89. The number of ether oxygens (including phenoxy) is 1. The maximum absolute atomic E-state index is 12.4. The van der Waals surface area contributed by atoms with Gasteiger partial charge in [-0.3, -0.25) is 0 Å². The van der Waals surface area contributed by atoms with Gasteiger partial charge in [0, 0.05) is 13.6 Å². The van der Waals surface area contributed by atoms with Crippen molar-refractivity contribution < 1.29 is 17.9 Å². The summed E-state index contributed by atoms with van der Waals surface area (Å²) in [6, 6.07) is 5.66.